The molecule has 0 rings (SSSR count). The number of halogens is 2. The van der Waals surface area contributed by atoms with Gasteiger partial charge in [0.25, 0.3) is 0 Å². The molecule has 0 amide bonds. The smallest absolute Gasteiger partial charge is 2.00 e. The molecule has 0 heterocycles. The maximum atomic E-state index is 8.25. The molecule has 0 unspecified atom stereocenters. The van der Waals surface area contributed by atoms with Gasteiger partial charge in [0.2, 0.25) is 0 Å². The van der Waals surface area contributed by atoms with E-state index < -0.39 is 10.2 Å². The first kappa shape index (κ1) is 22.7. The van der Waals surface area contributed by atoms with E-state index >= 15 is 0 Å². The van der Waals surface area contributed by atoms with Crippen LogP contribution in [0.1, 0.15) is 0 Å². The topological polar surface area (TPSA) is 132 Å². The minimum absolute atomic E-state index is 0. The molecule has 0 saturated carbocycles. The van der Waals surface area contributed by atoms with E-state index in [4.69, 9.17) is 51.0 Å². The first-order valence-corrected chi connectivity index (χ1v) is 4.05. The van der Waals surface area contributed by atoms with Gasteiger partial charge in [0.1, 0.15) is 0 Å². The summed E-state index contributed by atoms with van der Waals surface area (Å²) >= 11 is 0.569. The van der Waals surface area contributed by atoms with Crippen LogP contribution in [0.5, 0.6) is 0 Å². The summed E-state index contributed by atoms with van der Waals surface area (Å²) in [5.41, 5.74) is 0. The molecule has 0 bridgehead atoms. The molecule has 0 fully saturated rings. The summed E-state index contributed by atoms with van der Waals surface area (Å²) in [5.74, 6) is 0. The van der Waals surface area contributed by atoms with Crippen molar-refractivity contribution in [1.29, 1.82) is 0 Å². The van der Waals surface area contributed by atoms with Gasteiger partial charge in [0, 0.05) is 0 Å². The molecule has 12 heavy (non-hydrogen) atoms. The summed E-state index contributed by atoms with van der Waals surface area (Å²) in [6, 6.07) is 0. The predicted octanol–water partition coefficient (Wildman–Crippen LogP) is 0.896. The fraction of sp³-hybridized carbons (Fsp3) is 0. The molecule has 0 aliphatic rings. The summed E-state index contributed by atoms with van der Waals surface area (Å²) in [6.07, 6.45) is 0. The number of hydrogen-bond donors (Lipinski definition) is 0. The van der Waals surface area contributed by atoms with Crippen LogP contribution in [0.25, 0.3) is 0 Å². The van der Waals surface area contributed by atoms with Gasteiger partial charge in [-0.3, -0.25) is 0 Å². The molecule has 0 aliphatic carbocycles. The molecule has 0 aromatic rings. The molecule has 0 aromatic carbocycles. The van der Waals surface area contributed by atoms with Gasteiger partial charge in [-0.1, -0.05) is 0 Å². The molecule has 8 nitrogen and oxygen atoms in total. The molecule has 0 spiro atoms. The average Bonchev–Trinajstić information content (AvgIpc) is 1.60. The van der Waals surface area contributed by atoms with Gasteiger partial charge in [-0.05, 0) is 0 Å². The van der Waals surface area contributed by atoms with Crippen LogP contribution in [0.3, 0.4) is 0 Å². The Morgan fingerprint density at radius 3 is 0.917 bits per heavy atom. The van der Waals surface area contributed by atoms with E-state index in [2.05, 4.69) is 0 Å². The molecular weight excluding hydrogens is 312 g/mol. The first-order valence-electron chi connectivity index (χ1n) is 1.33. The van der Waals surface area contributed by atoms with Crippen LogP contribution >= 0.6 is 20.4 Å². The normalized spacial score (nSPS) is 5.83. The summed E-state index contributed by atoms with van der Waals surface area (Å²) in [4.78, 5) is 16.5. The third-order valence-corrected chi connectivity index (χ3v) is 0. The Morgan fingerprint density at radius 1 is 0.917 bits per heavy atom. The number of nitrogens with zero attached hydrogens (tertiary/aromatic N) is 2. The average molecular weight is 312 g/mol. The zero-order valence-electron chi connectivity index (χ0n) is 4.73. The quantitative estimate of drug-likeness (QED) is 0.370. The van der Waals surface area contributed by atoms with Crippen LogP contribution in [-0.4, -0.2) is 10.2 Å². The summed E-state index contributed by atoms with van der Waals surface area (Å²) < 4.78 is 0. The molecular formula is Cl2N2Ni2O6. The Labute approximate surface area is 90.3 Å². The van der Waals surface area contributed by atoms with E-state index in [1.165, 1.54) is 0 Å². The molecule has 0 atom stereocenters. The Bertz CT molecular complexity index is 89.7. The van der Waals surface area contributed by atoms with Crippen LogP contribution in [0.15, 0.2) is 0 Å². The Morgan fingerprint density at radius 2 is 0.917 bits per heavy atom. The Kier molecular flexibility index (Phi) is 42.4. The molecule has 0 N–H and O–H groups in total. The van der Waals surface area contributed by atoms with E-state index in [9.17, 15) is 0 Å². The van der Waals surface area contributed by atoms with Crippen LogP contribution < -0.4 is 0 Å². The zero-order valence-corrected chi connectivity index (χ0v) is 8.22. The molecule has 0 aromatic heterocycles. The van der Waals surface area contributed by atoms with E-state index in [0.717, 1.165) is 0 Å². The van der Waals surface area contributed by atoms with Gasteiger partial charge in [0.15, 0.2) is 0 Å². The van der Waals surface area contributed by atoms with Crippen LogP contribution in [0.4, 0.5) is 0 Å². The second kappa shape index (κ2) is 22.4. The maximum absolute atomic E-state index is 8.25. The van der Waals surface area contributed by atoms with Gasteiger partial charge in [-0.25, -0.2) is 0 Å². The Hall–Kier alpha value is -0.0330. The maximum Gasteiger partial charge on any atom is 2.00 e. The fourth-order valence-corrected chi connectivity index (χ4v) is 0. The SMILES string of the molecule is O=[N+]([O-])[O-].O=[N+]([O-])[O-].[Cl][Ni][Cl].[Ni+2]. The van der Waals surface area contributed by atoms with Crippen LogP contribution in [0, 0.1) is 30.6 Å². The summed E-state index contributed by atoms with van der Waals surface area (Å²) in [5, 5.41) is 29.5. The third-order valence-electron chi connectivity index (χ3n) is 0. The molecule has 0 radical (unpaired) electrons. The van der Waals surface area contributed by atoms with E-state index in [1.54, 1.807) is 0 Å². The van der Waals surface area contributed by atoms with Crippen LogP contribution in [0.2, 0.25) is 0 Å². The van der Waals surface area contributed by atoms with Crippen molar-refractivity contribution >= 4 is 20.4 Å². The summed E-state index contributed by atoms with van der Waals surface area (Å²) in [6.45, 7) is 0. The zero-order chi connectivity index (χ0) is 9.86. The molecule has 0 aliphatic heterocycles. The van der Waals surface area contributed by atoms with E-state index in [-0.39, 0.29) is 16.5 Å². The van der Waals surface area contributed by atoms with Crippen molar-refractivity contribution in [1.82, 2.24) is 0 Å². The second-order valence-corrected chi connectivity index (χ2v) is 2.12. The number of hydrogen-bond acceptors (Lipinski definition) is 6. The van der Waals surface area contributed by atoms with E-state index in [0.29, 0.717) is 12.7 Å². The first-order chi connectivity index (χ1) is 4.88. The summed E-state index contributed by atoms with van der Waals surface area (Å²) in [7, 11) is 9.40. The van der Waals surface area contributed by atoms with Gasteiger partial charge in [-0.2, -0.15) is 0 Å². The van der Waals surface area contributed by atoms with Gasteiger partial charge in [-0.15, -0.1) is 0 Å². The molecule has 12 heteroatoms. The van der Waals surface area contributed by atoms with Gasteiger partial charge >= 0.3 is 49.5 Å². The van der Waals surface area contributed by atoms with Crippen molar-refractivity contribution in [2.24, 2.45) is 0 Å². The third kappa shape index (κ3) is 737000. The van der Waals surface area contributed by atoms with Crippen molar-refractivity contribution in [3.05, 3.63) is 30.6 Å². The minimum atomic E-state index is -1.75. The van der Waals surface area contributed by atoms with E-state index in [1.807, 2.05) is 0 Å². The standard InChI is InChI=1S/2ClH.2NO3.2Ni/c;;2*2-1(3)4;;/h2*1H;;;;/q;;2*-1;2*+2/p-2. The molecule has 80 valence electrons. The van der Waals surface area contributed by atoms with Crippen molar-refractivity contribution < 1.29 is 39.3 Å². The molecule has 0 saturated heterocycles. The van der Waals surface area contributed by atoms with Crippen molar-refractivity contribution in [3.8, 4) is 0 Å². The second-order valence-electron chi connectivity index (χ2n) is 0.492. The van der Waals surface area contributed by atoms with Crippen LogP contribution in [-0.2, 0) is 29.1 Å². The monoisotopic (exact) mass is 310 g/mol. The van der Waals surface area contributed by atoms with Gasteiger partial charge < -0.3 is 30.6 Å². The largest absolute Gasteiger partial charge is 2.00 e. The van der Waals surface area contributed by atoms with Crippen molar-refractivity contribution in [3.63, 3.8) is 0 Å². The fourth-order valence-electron chi connectivity index (χ4n) is 0. The Balaban J connectivity index is -0.0000000389. The number of rotatable bonds is 0. The predicted molar refractivity (Wildman–Crippen MR) is 32.4 cm³/mol. The van der Waals surface area contributed by atoms with Crippen molar-refractivity contribution in [2.45, 2.75) is 0 Å². The minimum Gasteiger partial charge on any atom is 2.00 e. The van der Waals surface area contributed by atoms with Crippen molar-refractivity contribution in [2.75, 3.05) is 0 Å². The van der Waals surface area contributed by atoms with Gasteiger partial charge in [0.05, 0.1) is 10.2 Å².